The summed E-state index contributed by atoms with van der Waals surface area (Å²) in [5.74, 6) is -11.7. The molecule has 32 heteroatoms. The molecule has 3 heterocycles. The number of nitrogens with zero attached hydrogens (tertiary/aromatic N) is 4. The number of unbranched alkanes of at least 4 members (excludes halogenated alkanes) is 1. The Labute approximate surface area is 578 Å². The van der Waals surface area contributed by atoms with Crippen LogP contribution in [-0.2, 0) is 0 Å². The summed E-state index contributed by atoms with van der Waals surface area (Å²) in [6, 6.07) is 9.43. The van der Waals surface area contributed by atoms with Crippen LogP contribution >= 0.6 is 0 Å². The minimum absolute atomic E-state index is 0.0202. The molecule has 100 heavy (non-hydrogen) atoms. The maximum atomic E-state index is 14.2. The van der Waals surface area contributed by atoms with Gasteiger partial charge in [-0.1, -0.05) is 13.3 Å². The van der Waals surface area contributed by atoms with Crippen LogP contribution in [0, 0.1) is 0 Å². The average Bonchev–Trinajstić information content (AvgIpc) is 0.826. The molecule has 4 atom stereocenters. The number of phenols is 4. The van der Waals surface area contributed by atoms with Crippen LogP contribution in [0.2, 0.25) is 0 Å². The maximum absolute atomic E-state index is 14.2. The molecule has 0 aliphatic carbocycles. The van der Waals surface area contributed by atoms with Gasteiger partial charge in [0.25, 0.3) is 70.9 Å². The van der Waals surface area contributed by atoms with E-state index in [0.29, 0.717) is 32.4 Å². The van der Waals surface area contributed by atoms with Gasteiger partial charge in [0.05, 0.1) is 44.5 Å². The number of hydrogen-bond acceptors (Lipinski definition) is 20. The van der Waals surface area contributed by atoms with Crippen molar-refractivity contribution in [2.45, 2.75) is 51.9 Å². The number of fused-ring (bicyclic) bond motifs is 20. The molecule has 16 N–H and O–H groups in total. The molecule has 3 aliphatic rings. The highest BCUT2D eigenvalue weighted by atomic mass is 16.3. The van der Waals surface area contributed by atoms with Crippen LogP contribution in [0.5, 0.6) is 23.0 Å². The normalized spacial score (nSPS) is 19.8. The highest BCUT2D eigenvalue weighted by molar-refractivity contribution is 6.11. The van der Waals surface area contributed by atoms with Crippen molar-refractivity contribution in [1.82, 2.24) is 83.4 Å². The number of hydrogen-bond donors (Lipinski definition) is 16. The largest absolute Gasteiger partial charge is 0.506 e. The van der Waals surface area contributed by atoms with E-state index in [1.165, 1.54) is 51.5 Å². The number of amides is 12. The van der Waals surface area contributed by atoms with Crippen LogP contribution in [-0.4, -0.2) is 269 Å². The number of rotatable bonds is 7. The first-order chi connectivity index (χ1) is 48.1. The van der Waals surface area contributed by atoms with Gasteiger partial charge in [0.1, 0.15) is 23.0 Å². The fourth-order valence-corrected chi connectivity index (χ4v) is 11.5. The third-order valence-electron chi connectivity index (χ3n) is 17.3. The Balaban J connectivity index is 1.35. The van der Waals surface area contributed by atoms with E-state index >= 15 is 0 Å². The second kappa shape index (κ2) is 38.1. The Morgan fingerprint density at radius 1 is 0.320 bits per heavy atom. The zero-order chi connectivity index (χ0) is 72.4. The van der Waals surface area contributed by atoms with Crippen molar-refractivity contribution in [3.05, 3.63) is 115 Å². The molecule has 12 amide bonds. The summed E-state index contributed by atoms with van der Waals surface area (Å²) in [5.41, 5.74) is -3.15. The van der Waals surface area contributed by atoms with Crippen LogP contribution in [0.4, 0.5) is 0 Å². The molecule has 12 bridgehead atoms. The van der Waals surface area contributed by atoms with Gasteiger partial charge in [0.15, 0.2) is 0 Å². The van der Waals surface area contributed by atoms with Crippen molar-refractivity contribution < 1.29 is 78.0 Å². The molecule has 0 radical (unpaired) electrons. The molecule has 0 fully saturated rings. The third kappa shape index (κ3) is 21.3. The summed E-state index contributed by atoms with van der Waals surface area (Å²) in [6.07, 6.45) is 2.82. The molecular weight excluding hydrogens is 1300 g/mol. The maximum Gasteiger partial charge on any atom is 0.255 e. The number of phenolic OH excluding ortho intramolecular Hbond substituents is 4. The van der Waals surface area contributed by atoms with Crippen molar-refractivity contribution in [2.24, 2.45) is 0 Å². The van der Waals surface area contributed by atoms with Gasteiger partial charge in [0.2, 0.25) is 0 Å². The first-order valence-electron chi connectivity index (χ1n) is 33.6. The zero-order valence-corrected chi connectivity index (χ0v) is 56.9. The van der Waals surface area contributed by atoms with E-state index in [4.69, 9.17) is 0 Å². The van der Waals surface area contributed by atoms with E-state index in [1.54, 1.807) is 0 Å². The minimum Gasteiger partial charge on any atom is -0.506 e. The Morgan fingerprint density at radius 2 is 0.540 bits per heavy atom. The van der Waals surface area contributed by atoms with Crippen molar-refractivity contribution in [2.75, 3.05) is 159 Å². The molecule has 0 spiro atoms. The second-order valence-electron chi connectivity index (χ2n) is 24.2. The third-order valence-corrected chi connectivity index (χ3v) is 17.3. The lowest BCUT2D eigenvalue weighted by molar-refractivity contribution is 0.0915. The van der Waals surface area contributed by atoms with Gasteiger partial charge in [-0.2, -0.15) is 0 Å². The summed E-state index contributed by atoms with van der Waals surface area (Å²) in [7, 11) is 4.10. The summed E-state index contributed by atoms with van der Waals surface area (Å²) >= 11 is 0. The molecule has 3 aliphatic heterocycles. The number of benzene rings is 4. The standard InChI is InChI=1S/C68H92N16O16/c1-5-6-12-72-60(92)44-39-51-56(88)52(40-44)64(96)76-16-11-24-84-28-20-79-67(99)48-36-42(58(90)70-3)35-47(54(48)86)65(97)77-17-25-81(21-8-7-13-73-61(51)93)29-30-82-22-9-14-74-62(94)45-33-41(57(89)69-2)34-46(53(45)85)63(95)75-15-10-23-83(31-32-84)27-19-80-68(100)50-38-43(59(91)71-4)37-49(55(50)87)66(98)78-18-26-82/h33-40,85-88H,5-32H2,1-4H3,(H,69,89)(H,70,90)(H,71,91)(H,72,92)(H,73,93)(H,74,94)(H,75,95)(H,76,96)(H,77,97)(H,78,98)(H,79,99)(H,80,100). The van der Waals surface area contributed by atoms with Crippen LogP contribution in [0.25, 0.3) is 0 Å². The quantitative estimate of drug-likeness (QED) is 0.101. The molecule has 540 valence electrons. The van der Waals surface area contributed by atoms with Crippen molar-refractivity contribution >= 4 is 70.9 Å². The SMILES string of the molecule is CCCCNC(=O)c1cc2c(O)c(c1)C(=O)NCCCN1CCNC(=O)c3cc(C(=O)NC)cc(c3O)C(=O)NCCN(CCCCNC2=O)CCN2CCCNC(=O)c3cc(C(=O)NC)cc(c3O)C(=O)NCCCN(CCNC(=O)c3cc(C(=O)NC)cc(c3O)C(=O)NCC2)CC1. The number of nitrogens with one attached hydrogen (secondary N) is 12. The van der Waals surface area contributed by atoms with Crippen molar-refractivity contribution in [3.8, 4) is 23.0 Å². The summed E-state index contributed by atoms with van der Waals surface area (Å²) in [6.45, 7) is 4.04. The lowest BCUT2D eigenvalue weighted by atomic mass is 10.0. The van der Waals surface area contributed by atoms with Gasteiger partial charge in [-0.05, 0) is 113 Å². The molecule has 4 unspecified atom stereocenters. The molecule has 32 nitrogen and oxygen atoms in total. The first-order valence-corrected chi connectivity index (χ1v) is 33.6. The highest BCUT2D eigenvalue weighted by Gasteiger charge is 2.29. The topological polar surface area (TPSA) is 443 Å². The van der Waals surface area contributed by atoms with Crippen LogP contribution in [0.15, 0.2) is 48.5 Å². The van der Waals surface area contributed by atoms with Crippen LogP contribution < -0.4 is 63.8 Å². The predicted octanol–water partition coefficient (Wildman–Crippen LogP) is -0.744. The second-order valence-corrected chi connectivity index (χ2v) is 24.2. The molecule has 0 saturated heterocycles. The van der Waals surface area contributed by atoms with E-state index in [-0.39, 0.29) is 210 Å². The number of carbonyl (C=O) groups excluding carboxylic acids is 12. The average molecular weight is 1390 g/mol. The van der Waals surface area contributed by atoms with E-state index in [9.17, 15) is 78.0 Å². The van der Waals surface area contributed by atoms with Gasteiger partial charge < -0.3 is 104 Å². The smallest absolute Gasteiger partial charge is 0.255 e. The molecule has 4 aromatic rings. The Bertz CT molecular complexity index is 3700. The van der Waals surface area contributed by atoms with Gasteiger partial charge in [0, 0.05) is 155 Å². The van der Waals surface area contributed by atoms with E-state index in [1.807, 2.05) is 26.5 Å². The number of carbonyl (C=O) groups is 12. The molecule has 0 aromatic heterocycles. The van der Waals surface area contributed by atoms with E-state index in [0.717, 1.165) is 24.6 Å². The van der Waals surface area contributed by atoms with Gasteiger partial charge in [-0.3, -0.25) is 57.5 Å². The fourth-order valence-electron chi connectivity index (χ4n) is 11.5. The summed E-state index contributed by atoms with van der Waals surface area (Å²) in [5, 5.41) is 79.2. The van der Waals surface area contributed by atoms with Crippen molar-refractivity contribution in [1.29, 1.82) is 0 Å². The Morgan fingerprint density at radius 3 is 0.780 bits per heavy atom. The van der Waals surface area contributed by atoms with Gasteiger partial charge in [-0.25, -0.2) is 0 Å². The number of aromatic hydroxyl groups is 4. The van der Waals surface area contributed by atoms with Gasteiger partial charge >= 0.3 is 0 Å². The lowest BCUT2D eigenvalue weighted by Gasteiger charge is -2.28. The highest BCUT2D eigenvalue weighted by Crippen LogP contribution is 2.29. The summed E-state index contributed by atoms with van der Waals surface area (Å²) < 4.78 is 0. The molecule has 4 aromatic carbocycles. The zero-order valence-electron chi connectivity index (χ0n) is 56.9. The van der Waals surface area contributed by atoms with E-state index in [2.05, 4.69) is 63.8 Å². The first kappa shape index (κ1) is 76.9. The van der Waals surface area contributed by atoms with Crippen LogP contribution in [0.3, 0.4) is 0 Å². The molecule has 0 saturated carbocycles. The van der Waals surface area contributed by atoms with Crippen LogP contribution in [0.1, 0.15) is 176 Å². The van der Waals surface area contributed by atoms with Gasteiger partial charge in [-0.15, -0.1) is 0 Å². The Kier molecular flexibility index (Phi) is 29.3. The fraction of sp³-hybridized carbons (Fsp3) is 0.471. The molecular formula is C68H92N16O16. The summed E-state index contributed by atoms with van der Waals surface area (Å²) in [4.78, 5) is 174. The predicted molar refractivity (Wildman–Crippen MR) is 367 cm³/mol. The van der Waals surface area contributed by atoms with E-state index < -0.39 is 93.9 Å². The van der Waals surface area contributed by atoms with Crippen molar-refractivity contribution in [3.63, 3.8) is 0 Å². The molecule has 7 rings (SSSR count). The lowest BCUT2D eigenvalue weighted by Crippen LogP contribution is -2.43. The monoisotopic (exact) mass is 1390 g/mol. The Hall–Kier alpha value is -10.4. The minimum atomic E-state index is -0.833.